The normalized spacial score (nSPS) is 27.0. The molecule has 2 heteroatoms. The summed E-state index contributed by atoms with van der Waals surface area (Å²) < 4.78 is 0. The van der Waals surface area contributed by atoms with Crippen molar-refractivity contribution in [2.75, 3.05) is 0 Å². The smallest absolute Gasteiger partial charge is 0.115 e. The molecule has 25 heavy (non-hydrogen) atoms. The van der Waals surface area contributed by atoms with E-state index in [2.05, 4.69) is 56.3 Å². The molecule has 0 amide bonds. The average molecular weight is 332 g/mol. The molecule has 0 spiro atoms. The highest BCUT2D eigenvalue weighted by atomic mass is 16.3. The number of phenolic OH excluding ortho intramolecular Hbond substituents is 1. The van der Waals surface area contributed by atoms with Crippen LogP contribution in [0.2, 0.25) is 0 Å². The zero-order valence-corrected chi connectivity index (χ0v) is 14.7. The third kappa shape index (κ3) is 2.39. The van der Waals surface area contributed by atoms with Crippen molar-refractivity contribution in [1.29, 1.82) is 0 Å². The van der Waals surface area contributed by atoms with Crippen LogP contribution in [0.4, 0.5) is 0 Å². The number of allylic oxidation sites excluding steroid dienone is 3. The molecular weight excluding hydrogens is 308 g/mol. The lowest BCUT2D eigenvalue weighted by Gasteiger charge is -2.39. The average Bonchev–Trinajstić information content (AvgIpc) is 2.85. The SMILES string of the molecule is CC1(C)CC(c2ccc(O)cc2)(C2C=CC(O)=CC2)c2ccccc21. The van der Waals surface area contributed by atoms with E-state index in [0.29, 0.717) is 11.5 Å². The van der Waals surface area contributed by atoms with Gasteiger partial charge in [-0.15, -0.1) is 0 Å². The summed E-state index contributed by atoms with van der Waals surface area (Å²) in [6, 6.07) is 16.4. The van der Waals surface area contributed by atoms with Gasteiger partial charge in [0.25, 0.3) is 0 Å². The maximum Gasteiger partial charge on any atom is 0.115 e. The Morgan fingerprint density at radius 1 is 0.920 bits per heavy atom. The van der Waals surface area contributed by atoms with Gasteiger partial charge in [-0.3, -0.25) is 0 Å². The van der Waals surface area contributed by atoms with Gasteiger partial charge in [0.1, 0.15) is 11.5 Å². The Hall–Kier alpha value is -2.48. The molecule has 2 aromatic carbocycles. The van der Waals surface area contributed by atoms with E-state index in [0.717, 1.165) is 12.8 Å². The molecule has 2 aliphatic rings. The lowest BCUT2D eigenvalue weighted by atomic mass is 9.63. The Bertz CT molecular complexity index is 858. The van der Waals surface area contributed by atoms with Gasteiger partial charge in [0.2, 0.25) is 0 Å². The van der Waals surface area contributed by atoms with Crippen LogP contribution in [0.1, 0.15) is 43.4 Å². The molecule has 2 N–H and O–H groups in total. The fourth-order valence-corrected chi connectivity index (χ4v) is 4.89. The van der Waals surface area contributed by atoms with Crippen molar-refractivity contribution in [3.05, 3.63) is 89.2 Å². The van der Waals surface area contributed by atoms with Crippen LogP contribution in [0.3, 0.4) is 0 Å². The molecular formula is C23H24O2. The van der Waals surface area contributed by atoms with Gasteiger partial charge in [0.05, 0.1) is 0 Å². The van der Waals surface area contributed by atoms with Crippen molar-refractivity contribution >= 4 is 0 Å². The predicted octanol–water partition coefficient (Wildman–Crippen LogP) is 5.38. The monoisotopic (exact) mass is 332 g/mol. The quantitative estimate of drug-likeness (QED) is 0.775. The van der Waals surface area contributed by atoms with Crippen LogP contribution < -0.4 is 0 Å². The van der Waals surface area contributed by atoms with Crippen molar-refractivity contribution in [2.24, 2.45) is 5.92 Å². The summed E-state index contributed by atoms with van der Waals surface area (Å²) in [4.78, 5) is 0. The lowest BCUT2D eigenvalue weighted by Crippen LogP contribution is -2.35. The second-order valence-electron chi connectivity index (χ2n) is 7.95. The molecule has 0 saturated heterocycles. The highest BCUT2D eigenvalue weighted by Crippen LogP contribution is 2.58. The zero-order chi connectivity index (χ0) is 17.7. The summed E-state index contributed by atoms with van der Waals surface area (Å²) >= 11 is 0. The van der Waals surface area contributed by atoms with Crippen molar-refractivity contribution in [3.8, 4) is 5.75 Å². The van der Waals surface area contributed by atoms with Crippen molar-refractivity contribution in [2.45, 2.75) is 37.5 Å². The number of aliphatic hydroxyl groups is 1. The van der Waals surface area contributed by atoms with Gasteiger partial charge in [-0.25, -0.2) is 0 Å². The Morgan fingerprint density at radius 2 is 1.60 bits per heavy atom. The second kappa shape index (κ2) is 5.52. The molecule has 4 rings (SSSR count). The van der Waals surface area contributed by atoms with Crippen molar-refractivity contribution in [1.82, 2.24) is 0 Å². The number of benzene rings is 2. The number of phenols is 1. The van der Waals surface area contributed by atoms with Crippen LogP contribution in [0.25, 0.3) is 0 Å². The molecule has 2 nitrogen and oxygen atoms in total. The van der Waals surface area contributed by atoms with Crippen LogP contribution in [-0.2, 0) is 10.8 Å². The summed E-state index contributed by atoms with van der Waals surface area (Å²) in [6.07, 6.45) is 7.72. The largest absolute Gasteiger partial charge is 0.508 e. The van der Waals surface area contributed by atoms with E-state index in [9.17, 15) is 10.2 Å². The number of rotatable bonds is 2. The van der Waals surface area contributed by atoms with E-state index in [1.807, 2.05) is 12.2 Å². The van der Waals surface area contributed by atoms with Gasteiger partial charge in [-0.1, -0.05) is 56.3 Å². The minimum Gasteiger partial charge on any atom is -0.508 e. The third-order valence-corrected chi connectivity index (χ3v) is 5.95. The molecule has 0 saturated carbocycles. The lowest BCUT2D eigenvalue weighted by molar-refractivity contribution is 0.316. The predicted molar refractivity (Wildman–Crippen MR) is 101 cm³/mol. The van der Waals surface area contributed by atoms with Gasteiger partial charge >= 0.3 is 0 Å². The van der Waals surface area contributed by atoms with E-state index < -0.39 is 0 Å². The first-order valence-electron chi connectivity index (χ1n) is 8.90. The second-order valence-corrected chi connectivity index (χ2v) is 7.95. The Balaban J connectivity index is 1.95. The number of hydrogen-bond acceptors (Lipinski definition) is 2. The molecule has 0 bridgehead atoms. The van der Waals surface area contributed by atoms with Gasteiger partial charge in [0, 0.05) is 5.41 Å². The van der Waals surface area contributed by atoms with E-state index in [1.54, 1.807) is 12.1 Å². The number of fused-ring (bicyclic) bond motifs is 1. The molecule has 128 valence electrons. The number of hydrogen-bond donors (Lipinski definition) is 2. The third-order valence-electron chi connectivity index (χ3n) is 5.95. The van der Waals surface area contributed by atoms with Crippen molar-refractivity contribution in [3.63, 3.8) is 0 Å². The van der Waals surface area contributed by atoms with E-state index in [1.165, 1.54) is 16.7 Å². The van der Waals surface area contributed by atoms with Crippen LogP contribution in [0.5, 0.6) is 5.75 Å². The van der Waals surface area contributed by atoms with Crippen molar-refractivity contribution < 1.29 is 10.2 Å². The Kier molecular flexibility index (Phi) is 3.54. The molecule has 0 fully saturated rings. The molecule has 2 aliphatic carbocycles. The van der Waals surface area contributed by atoms with Gasteiger partial charge in [-0.05, 0) is 65.1 Å². The number of aliphatic hydroxyl groups excluding tert-OH is 1. The van der Waals surface area contributed by atoms with E-state index in [-0.39, 0.29) is 16.7 Å². The van der Waals surface area contributed by atoms with Crippen LogP contribution in [0, 0.1) is 5.92 Å². The van der Waals surface area contributed by atoms with Gasteiger partial charge in [0.15, 0.2) is 0 Å². The summed E-state index contributed by atoms with van der Waals surface area (Å²) in [5.41, 5.74) is 3.92. The first-order chi connectivity index (χ1) is 11.9. The summed E-state index contributed by atoms with van der Waals surface area (Å²) in [5, 5.41) is 19.6. The summed E-state index contributed by atoms with van der Waals surface area (Å²) in [6.45, 7) is 4.63. The maximum atomic E-state index is 9.80. The standard InChI is InChI=1S/C23H24O2/c1-22(2)15-23(16-7-11-18(24)12-8-16,17-9-13-19(25)14-10-17)21-6-4-3-5-20(21)22/h3-9,11-14,17,24-25H,10,15H2,1-2H3. The minimum atomic E-state index is -0.151. The molecule has 2 aromatic rings. The molecule has 0 heterocycles. The Labute approximate surface area is 149 Å². The summed E-state index contributed by atoms with van der Waals surface area (Å²) in [5.74, 6) is 0.916. The minimum absolute atomic E-state index is 0.0749. The zero-order valence-electron chi connectivity index (χ0n) is 14.7. The fraction of sp³-hybridized carbons (Fsp3) is 0.304. The van der Waals surface area contributed by atoms with Crippen LogP contribution in [0.15, 0.2) is 72.5 Å². The topological polar surface area (TPSA) is 40.5 Å². The number of aromatic hydroxyl groups is 1. The molecule has 2 atom stereocenters. The van der Waals surface area contributed by atoms with Crippen LogP contribution in [-0.4, -0.2) is 10.2 Å². The Morgan fingerprint density at radius 3 is 2.24 bits per heavy atom. The van der Waals surface area contributed by atoms with E-state index in [4.69, 9.17) is 0 Å². The first-order valence-corrected chi connectivity index (χ1v) is 8.90. The van der Waals surface area contributed by atoms with Gasteiger partial charge < -0.3 is 10.2 Å². The molecule has 0 aromatic heterocycles. The highest BCUT2D eigenvalue weighted by molar-refractivity contribution is 5.54. The molecule has 0 aliphatic heterocycles. The maximum absolute atomic E-state index is 9.80. The molecule has 2 unspecified atom stereocenters. The highest BCUT2D eigenvalue weighted by Gasteiger charge is 2.52. The first kappa shape index (κ1) is 16.0. The summed E-state index contributed by atoms with van der Waals surface area (Å²) in [7, 11) is 0. The van der Waals surface area contributed by atoms with Gasteiger partial charge in [-0.2, -0.15) is 0 Å². The molecule has 0 radical (unpaired) electrons. The fourth-order valence-electron chi connectivity index (χ4n) is 4.89. The van der Waals surface area contributed by atoms with E-state index >= 15 is 0 Å². The van der Waals surface area contributed by atoms with Crippen LogP contribution >= 0.6 is 0 Å².